The van der Waals surface area contributed by atoms with E-state index in [0.717, 1.165) is 5.56 Å². The molecule has 1 aliphatic rings. The number of carbonyl (C=O) groups excluding carboxylic acids is 1. The molecule has 1 amide bonds. The largest absolute Gasteiger partial charge is 0.506 e. The number of phenolic OH excluding ortho intramolecular Hbond substituents is 1. The number of nitrogens with zero attached hydrogens (tertiary/aromatic N) is 1. The molecule has 0 aliphatic carbocycles. The standard InChI is InChI=1S/C13H11FN2O4S/c1-7-2-3-8-5-10(17)13(12(14)9(8)4-7)16-6-11(18)15-21(16,19)20/h2-5,17H,6H2,1H3,(H,15,18)/p+1. The van der Waals surface area contributed by atoms with Gasteiger partial charge < -0.3 is 5.11 Å². The predicted octanol–water partition coefficient (Wildman–Crippen LogP) is 0.148. The number of amides is 1. The number of benzene rings is 2. The molecular weight excluding hydrogens is 299 g/mol. The van der Waals surface area contributed by atoms with Gasteiger partial charge in [-0.2, -0.15) is 13.1 Å². The summed E-state index contributed by atoms with van der Waals surface area (Å²) in [4.78, 5) is 11.3. The number of fused-ring (bicyclic) bond motifs is 1. The molecule has 0 saturated carbocycles. The third-order valence-corrected chi connectivity index (χ3v) is 4.81. The summed E-state index contributed by atoms with van der Waals surface area (Å²) in [7, 11) is -4.05. The third kappa shape index (κ3) is 2.12. The molecule has 2 aromatic carbocycles. The molecule has 0 radical (unpaired) electrons. The van der Waals surface area contributed by atoms with E-state index in [4.69, 9.17) is 0 Å². The second-order valence-corrected chi connectivity index (χ2v) is 6.63. The maximum absolute atomic E-state index is 14.6. The Morgan fingerprint density at radius 1 is 1.33 bits per heavy atom. The monoisotopic (exact) mass is 311 g/mol. The maximum Gasteiger partial charge on any atom is 0.401 e. The molecule has 3 N–H and O–H groups in total. The Labute approximate surface area is 120 Å². The normalized spacial score (nSPS) is 17.6. The van der Waals surface area contributed by atoms with E-state index >= 15 is 0 Å². The lowest BCUT2D eigenvalue weighted by Gasteiger charge is -2.16. The summed E-state index contributed by atoms with van der Waals surface area (Å²) in [5, 5.41) is 10.6. The molecule has 0 atom stereocenters. The number of hydrogen-bond donors (Lipinski definition) is 2. The van der Waals surface area contributed by atoms with Crippen molar-refractivity contribution in [2.75, 3.05) is 10.8 Å². The van der Waals surface area contributed by atoms with Crippen molar-refractivity contribution in [3.63, 3.8) is 0 Å². The van der Waals surface area contributed by atoms with Crippen molar-refractivity contribution in [3.05, 3.63) is 35.6 Å². The molecule has 2 aromatic rings. The van der Waals surface area contributed by atoms with Crippen LogP contribution in [0.15, 0.2) is 24.3 Å². The zero-order chi connectivity index (χ0) is 15.4. The van der Waals surface area contributed by atoms with Gasteiger partial charge in [-0.1, -0.05) is 17.7 Å². The van der Waals surface area contributed by atoms with E-state index in [9.17, 15) is 22.7 Å². The van der Waals surface area contributed by atoms with Crippen LogP contribution < -0.4 is 9.03 Å². The highest BCUT2D eigenvalue weighted by atomic mass is 32.2. The highest BCUT2D eigenvalue weighted by Crippen LogP contribution is 2.37. The third-order valence-electron chi connectivity index (χ3n) is 3.32. The predicted molar refractivity (Wildman–Crippen MR) is 73.5 cm³/mol. The van der Waals surface area contributed by atoms with E-state index in [1.807, 2.05) is 0 Å². The average Bonchev–Trinajstić information content (AvgIpc) is 2.64. The first-order valence-electron chi connectivity index (χ1n) is 6.12. The Kier molecular flexibility index (Phi) is 2.89. The lowest BCUT2D eigenvalue weighted by molar-refractivity contribution is -0.404. The molecular formula is C13H12FN2O4S+. The summed E-state index contributed by atoms with van der Waals surface area (Å²) >= 11 is 0. The summed E-state index contributed by atoms with van der Waals surface area (Å²) in [6, 6.07) is 6.23. The van der Waals surface area contributed by atoms with Gasteiger partial charge in [0.2, 0.25) is 0 Å². The van der Waals surface area contributed by atoms with Crippen LogP contribution in [0.3, 0.4) is 0 Å². The summed E-state index contributed by atoms with van der Waals surface area (Å²) in [5.74, 6) is -2.03. The van der Waals surface area contributed by atoms with E-state index in [1.54, 1.807) is 25.1 Å². The first kappa shape index (κ1) is 13.8. The highest BCUT2D eigenvalue weighted by Gasteiger charge is 2.42. The lowest BCUT2D eigenvalue weighted by Crippen LogP contribution is -2.88. The number of halogens is 1. The van der Waals surface area contributed by atoms with E-state index in [2.05, 4.69) is 0 Å². The van der Waals surface area contributed by atoms with Gasteiger partial charge in [-0.05, 0) is 24.4 Å². The van der Waals surface area contributed by atoms with Crippen LogP contribution in [0, 0.1) is 12.7 Å². The van der Waals surface area contributed by atoms with E-state index < -0.39 is 39.9 Å². The summed E-state index contributed by atoms with van der Waals surface area (Å²) in [5.41, 5.74) is 0.306. The molecule has 0 bridgehead atoms. The Morgan fingerprint density at radius 3 is 2.67 bits per heavy atom. The van der Waals surface area contributed by atoms with Gasteiger partial charge in [0.1, 0.15) is 11.4 Å². The Morgan fingerprint density at radius 2 is 2.05 bits per heavy atom. The van der Waals surface area contributed by atoms with Crippen LogP contribution in [0.4, 0.5) is 10.1 Å². The summed E-state index contributed by atoms with van der Waals surface area (Å²) in [6.07, 6.45) is 0. The quantitative estimate of drug-likeness (QED) is 0.784. The van der Waals surface area contributed by atoms with Gasteiger partial charge in [-0.3, -0.25) is 0 Å². The minimum absolute atomic E-state index is 0.192. The fourth-order valence-corrected chi connectivity index (χ4v) is 3.65. The highest BCUT2D eigenvalue weighted by molar-refractivity contribution is 7.87. The van der Waals surface area contributed by atoms with Crippen LogP contribution in [0.25, 0.3) is 10.8 Å². The number of aromatic hydroxyl groups is 1. The van der Waals surface area contributed by atoms with Crippen LogP contribution >= 0.6 is 0 Å². The molecule has 0 spiro atoms. The van der Waals surface area contributed by atoms with Crippen molar-refractivity contribution in [1.82, 2.24) is 0 Å². The molecule has 6 nitrogen and oxygen atoms in total. The van der Waals surface area contributed by atoms with Gasteiger partial charge in [0, 0.05) is 5.39 Å². The van der Waals surface area contributed by atoms with Crippen molar-refractivity contribution in [3.8, 4) is 5.75 Å². The fraction of sp³-hybridized carbons (Fsp3) is 0.154. The number of rotatable bonds is 1. The number of quaternary nitrogens is 1. The number of nitrogens with two attached hydrogens (primary N) is 1. The molecule has 1 saturated heterocycles. The smallest absolute Gasteiger partial charge is 0.401 e. The average molecular weight is 311 g/mol. The fourth-order valence-electron chi connectivity index (χ4n) is 2.38. The Balaban J connectivity index is 2.31. The number of primary amides is 1. The summed E-state index contributed by atoms with van der Waals surface area (Å²) in [6.45, 7) is 1.26. The summed E-state index contributed by atoms with van der Waals surface area (Å²) < 4.78 is 39.5. The number of aryl methyl sites for hydroxylation is 1. The zero-order valence-corrected chi connectivity index (χ0v) is 11.8. The molecule has 1 aliphatic heterocycles. The topological polar surface area (TPSA) is 91.3 Å². The van der Waals surface area contributed by atoms with Gasteiger partial charge >= 0.3 is 16.1 Å². The number of anilines is 1. The SMILES string of the molecule is Cc1ccc2cc(O)c(N3CC(=O)[NH2+]S3(=O)=O)c(F)c2c1. The van der Waals surface area contributed by atoms with Crippen molar-refractivity contribution >= 4 is 32.6 Å². The minimum Gasteiger partial charge on any atom is -0.506 e. The van der Waals surface area contributed by atoms with Gasteiger partial charge in [0.05, 0.1) is 0 Å². The van der Waals surface area contributed by atoms with Crippen LogP contribution in [0.2, 0.25) is 0 Å². The van der Waals surface area contributed by atoms with E-state index in [1.165, 1.54) is 6.07 Å². The second-order valence-electron chi connectivity index (χ2n) is 4.92. The zero-order valence-electron chi connectivity index (χ0n) is 11.0. The van der Waals surface area contributed by atoms with Crippen LogP contribution in [-0.4, -0.2) is 26.0 Å². The number of carbonyl (C=O) groups is 1. The minimum atomic E-state index is -4.05. The lowest BCUT2D eigenvalue weighted by atomic mass is 10.1. The molecule has 0 aromatic heterocycles. The van der Waals surface area contributed by atoms with Crippen molar-refractivity contribution < 1.29 is 27.4 Å². The number of phenols is 1. The molecule has 3 rings (SSSR count). The van der Waals surface area contributed by atoms with Gasteiger partial charge in [-0.25, -0.2) is 13.5 Å². The van der Waals surface area contributed by atoms with Gasteiger partial charge in [-0.15, -0.1) is 0 Å². The molecule has 8 heteroatoms. The van der Waals surface area contributed by atoms with Gasteiger partial charge in [0.15, 0.2) is 12.4 Å². The molecule has 21 heavy (non-hydrogen) atoms. The van der Waals surface area contributed by atoms with Crippen LogP contribution in [0.1, 0.15) is 5.56 Å². The molecule has 1 heterocycles. The van der Waals surface area contributed by atoms with Crippen molar-refractivity contribution in [2.24, 2.45) is 0 Å². The Bertz CT molecular complexity index is 879. The number of hydrogen-bond acceptors (Lipinski definition) is 4. The van der Waals surface area contributed by atoms with E-state index in [-0.39, 0.29) is 5.39 Å². The molecule has 0 unspecified atom stereocenters. The Hall–Kier alpha value is -2.19. The van der Waals surface area contributed by atoms with Crippen LogP contribution in [-0.2, 0) is 15.0 Å². The maximum atomic E-state index is 14.6. The first-order valence-corrected chi connectivity index (χ1v) is 7.62. The molecule has 110 valence electrons. The van der Waals surface area contributed by atoms with Crippen molar-refractivity contribution in [1.29, 1.82) is 0 Å². The van der Waals surface area contributed by atoms with E-state index in [0.29, 0.717) is 14.4 Å². The molecule has 1 fully saturated rings. The van der Waals surface area contributed by atoms with Gasteiger partial charge in [0.25, 0.3) is 0 Å². The van der Waals surface area contributed by atoms with Crippen molar-refractivity contribution in [2.45, 2.75) is 6.92 Å². The van der Waals surface area contributed by atoms with Crippen LogP contribution in [0.5, 0.6) is 5.75 Å². The first-order chi connectivity index (χ1) is 9.79. The second kappa shape index (κ2) is 4.40.